The van der Waals surface area contributed by atoms with Crippen molar-refractivity contribution >= 4 is 0 Å². The second kappa shape index (κ2) is 4.60. The minimum atomic E-state index is 0.394. The van der Waals surface area contributed by atoms with E-state index in [0.717, 1.165) is 18.5 Å². The topological polar surface area (TPSA) is 50.1 Å². The number of rotatable bonds is 1. The average Bonchev–Trinajstić information content (AvgIpc) is 2.19. The Hall–Kier alpha value is -0.120. The third kappa shape index (κ3) is 2.47. The molecule has 4 unspecified atom stereocenters. The first-order chi connectivity index (χ1) is 6.75. The van der Waals surface area contributed by atoms with Crippen LogP contribution >= 0.6 is 0 Å². The molecule has 2 aliphatic rings. The second-order valence-electron chi connectivity index (χ2n) is 4.99. The Morgan fingerprint density at radius 2 is 2.00 bits per heavy atom. The van der Waals surface area contributed by atoms with Gasteiger partial charge in [0.1, 0.15) is 0 Å². The van der Waals surface area contributed by atoms with E-state index >= 15 is 0 Å². The van der Waals surface area contributed by atoms with Gasteiger partial charge in [0.05, 0.1) is 0 Å². The third-order valence-corrected chi connectivity index (χ3v) is 3.72. The summed E-state index contributed by atoms with van der Waals surface area (Å²) in [6, 6.07) is 1.83. The Morgan fingerprint density at radius 1 is 1.14 bits per heavy atom. The fourth-order valence-electron chi connectivity index (χ4n) is 2.84. The van der Waals surface area contributed by atoms with E-state index in [-0.39, 0.29) is 0 Å². The molecule has 2 fully saturated rings. The molecule has 0 spiro atoms. The van der Waals surface area contributed by atoms with E-state index in [9.17, 15) is 0 Å². The molecule has 2 aliphatic heterocycles. The van der Waals surface area contributed by atoms with Gasteiger partial charge in [0.25, 0.3) is 0 Å². The molecule has 4 N–H and O–H groups in total. The fourth-order valence-corrected chi connectivity index (χ4v) is 2.84. The van der Waals surface area contributed by atoms with Crippen LogP contribution in [0.2, 0.25) is 0 Å². The summed E-state index contributed by atoms with van der Waals surface area (Å²) in [6.07, 6.45) is 5.14. The second-order valence-corrected chi connectivity index (χ2v) is 4.99. The van der Waals surface area contributed by atoms with Crippen LogP contribution in [-0.4, -0.2) is 31.2 Å². The van der Waals surface area contributed by atoms with Crippen molar-refractivity contribution in [3.05, 3.63) is 0 Å². The van der Waals surface area contributed by atoms with Crippen molar-refractivity contribution in [1.29, 1.82) is 0 Å². The Morgan fingerprint density at radius 3 is 2.64 bits per heavy atom. The Balaban J connectivity index is 1.82. The molecule has 2 saturated heterocycles. The maximum absolute atomic E-state index is 5.88. The van der Waals surface area contributed by atoms with E-state index in [4.69, 9.17) is 5.73 Å². The molecule has 14 heavy (non-hydrogen) atoms. The summed E-state index contributed by atoms with van der Waals surface area (Å²) < 4.78 is 0. The maximum Gasteiger partial charge on any atom is 0.0165 e. The Kier molecular flexibility index (Phi) is 3.42. The van der Waals surface area contributed by atoms with Crippen molar-refractivity contribution in [2.75, 3.05) is 13.1 Å². The molecule has 0 aromatic heterocycles. The van der Waals surface area contributed by atoms with Crippen molar-refractivity contribution in [1.82, 2.24) is 10.6 Å². The number of piperidine rings is 2. The Labute approximate surface area is 86.8 Å². The molecule has 2 heterocycles. The summed E-state index contributed by atoms with van der Waals surface area (Å²) >= 11 is 0. The first-order valence-corrected chi connectivity index (χ1v) is 5.98. The minimum absolute atomic E-state index is 0.394. The zero-order valence-electron chi connectivity index (χ0n) is 9.13. The molecule has 82 valence electrons. The third-order valence-electron chi connectivity index (χ3n) is 3.72. The van der Waals surface area contributed by atoms with Gasteiger partial charge in [0.2, 0.25) is 0 Å². The molecule has 4 atom stereocenters. The highest BCUT2D eigenvalue weighted by Gasteiger charge is 2.28. The smallest absolute Gasteiger partial charge is 0.0165 e. The molecule has 0 bridgehead atoms. The lowest BCUT2D eigenvalue weighted by Gasteiger charge is -2.38. The molecule has 2 rings (SSSR count). The van der Waals surface area contributed by atoms with Gasteiger partial charge in [0.15, 0.2) is 0 Å². The fraction of sp³-hybridized carbons (Fsp3) is 1.00. The van der Waals surface area contributed by atoms with Gasteiger partial charge in [0, 0.05) is 24.7 Å². The van der Waals surface area contributed by atoms with E-state index in [1.165, 1.54) is 32.2 Å². The van der Waals surface area contributed by atoms with Crippen molar-refractivity contribution in [3.63, 3.8) is 0 Å². The van der Waals surface area contributed by atoms with Gasteiger partial charge in [-0.3, -0.25) is 0 Å². The van der Waals surface area contributed by atoms with Gasteiger partial charge < -0.3 is 16.4 Å². The van der Waals surface area contributed by atoms with Gasteiger partial charge in [-0.2, -0.15) is 0 Å². The highest BCUT2D eigenvalue weighted by Crippen LogP contribution is 2.24. The molecule has 0 amide bonds. The number of hydrogen-bond acceptors (Lipinski definition) is 3. The van der Waals surface area contributed by atoms with Crippen LogP contribution in [0, 0.1) is 5.92 Å². The largest absolute Gasteiger partial charge is 0.327 e. The highest BCUT2D eigenvalue weighted by molar-refractivity contribution is 4.88. The lowest BCUT2D eigenvalue weighted by atomic mass is 9.82. The minimum Gasteiger partial charge on any atom is -0.327 e. The quantitative estimate of drug-likeness (QED) is 0.572. The zero-order chi connectivity index (χ0) is 9.97. The predicted molar refractivity (Wildman–Crippen MR) is 59.2 cm³/mol. The van der Waals surface area contributed by atoms with Gasteiger partial charge in [-0.15, -0.1) is 0 Å². The van der Waals surface area contributed by atoms with Crippen molar-refractivity contribution in [2.24, 2.45) is 11.7 Å². The van der Waals surface area contributed by atoms with E-state index < -0.39 is 0 Å². The van der Waals surface area contributed by atoms with E-state index in [1.54, 1.807) is 0 Å². The predicted octanol–water partition coefficient (Wildman–Crippen LogP) is 0.454. The molecule has 0 saturated carbocycles. The summed E-state index contributed by atoms with van der Waals surface area (Å²) in [4.78, 5) is 0. The molecule has 0 radical (unpaired) electrons. The number of nitrogens with two attached hydrogens (primary N) is 1. The lowest BCUT2D eigenvalue weighted by molar-refractivity contribution is 0.210. The van der Waals surface area contributed by atoms with Gasteiger partial charge >= 0.3 is 0 Å². The van der Waals surface area contributed by atoms with Crippen LogP contribution < -0.4 is 16.4 Å². The summed E-state index contributed by atoms with van der Waals surface area (Å²) in [7, 11) is 0. The first-order valence-electron chi connectivity index (χ1n) is 5.98. The van der Waals surface area contributed by atoms with Gasteiger partial charge in [-0.05, 0) is 45.1 Å². The summed E-state index contributed by atoms with van der Waals surface area (Å²) in [6.45, 7) is 4.50. The van der Waals surface area contributed by atoms with Crippen LogP contribution in [0.5, 0.6) is 0 Å². The maximum atomic E-state index is 5.88. The van der Waals surface area contributed by atoms with Crippen LogP contribution in [0.1, 0.15) is 32.6 Å². The average molecular weight is 197 g/mol. The van der Waals surface area contributed by atoms with Crippen LogP contribution in [0.15, 0.2) is 0 Å². The normalized spacial score (nSPS) is 45.0. The van der Waals surface area contributed by atoms with Crippen molar-refractivity contribution in [2.45, 2.75) is 50.7 Å². The molecule has 0 aliphatic carbocycles. The molecular formula is C11H23N3. The van der Waals surface area contributed by atoms with Crippen LogP contribution in [0.4, 0.5) is 0 Å². The molecule has 0 aromatic rings. The molecular weight excluding hydrogens is 174 g/mol. The van der Waals surface area contributed by atoms with E-state index in [0.29, 0.717) is 12.1 Å². The van der Waals surface area contributed by atoms with Gasteiger partial charge in [-0.25, -0.2) is 0 Å². The Bertz CT molecular complexity index is 175. The molecule has 3 heteroatoms. The van der Waals surface area contributed by atoms with E-state index in [1.807, 2.05) is 0 Å². The number of hydrogen-bond donors (Lipinski definition) is 3. The van der Waals surface area contributed by atoms with Crippen molar-refractivity contribution < 1.29 is 0 Å². The van der Waals surface area contributed by atoms with Crippen molar-refractivity contribution in [3.8, 4) is 0 Å². The van der Waals surface area contributed by atoms with Crippen LogP contribution in [0.25, 0.3) is 0 Å². The summed E-state index contributed by atoms with van der Waals surface area (Å²) in [5.74, 6) is 0.874. The zero-order valence-corrected chi connectivity index (χ0v) is 9.13. The first kappa shape index (κ1) is 10.4. The summed E-state index contributed by atoms with van der Waals surface area (Å²) in [5, 5.41) is 7.11. The SMILES string of the molecule is CC1CC(C2CCC(N)CN2)CCN1. The van der Waals surface area contributed by atoms with Crippen LogP contribution in [0.3, 0.4) is 0 Å². The van der Waals surface area contributed by atoms with Gasteiger partial charge in [-0.1, -0.05) is 0 Å². The monoisotopic (exact) mass is 197 g/mol. The lowest BCUT2D eigenvalue weighted by Crippen LogP contribution is -2.51. The number of nitrogens with one attached hydrogen (secondary N) is 2. The van der Waals surface area contributed by atoms with Crippen LogP contribution in [-0.2, 0) is 0 Å². The van der Waals surface area contributed by atoms with E-state index in [2.05, 4.69) is 17.6 Å². The standard InChI is InChI=1S/C11H23N3/c1-8-6-9(4-5-13-8)11-3-2-10(12)7-14-11/h8-11,13-14H,2-7,12H2,1H3. The molecule has 0 aromatic carbocycles. The summed E-state index contributed by atoms with van der Waals surface area (Å²) in [5.41, 5.74) is 5.88. The molecule has 3 nitrogen and oxygen atoms in total. The highest BCUT2D eigenvalue weighted by atomic mass is 15.0.